The highest BCUT2D eigenvalue weighted by Gasteiger charge is 2.31. The summed E-state index contributed by atoms with van der Waals surface area (Å²) in [4.78, 5) is 25.6. The number of carbonyl (C=O) groups is 2. The van der Waals surface area contributed by atoms with Gasteiger partial charge >= 0.3 is 12.1 Å². The van der Waals surface area contributed by atoms with Crippen molar-refractivity contribution < 1.29 is 23.8 Å². The Morgan fingerprint density at radius 2 is 1.62 bits per heavy atom. The summed E-state index contributed by atoms with van der Waals surface area (Å²) in [6, 6.07) is 21.0. The topological polar surface area (TPSA) is 66.8 Å². The van der Waals surface area contributed by atoms with Crippen LogP contribution in [0.2, 0.25) is 0 Å². The number of aryl methyl sites for hydroxylation is 1. The summed E-state index contributed by atoms with van der Waals surface area (Å²) in [5.74, 6) is -1.60. The molecule has 1 aliphatic carbocycles. The molecule has 3 aromatic carbocycles. The summed E-state index contributed by atoms with van der Waals surface area (Å²) in [5.41, 5.74) is 5.10. The number of rotatable bonds is 7. The maximum Gasteiger partial charge on any atom is 0.410 e. The smallest absolute Gasteiger partial charge is 0.410 e. The van der Waals surface area contributed by atoms with Gasteiger partial charge in [-0.2, -0.15) is 0 Å². The van der Waals surface area contributed by atoms with Crippen LogP contribution in [0.5, 0.6) is 0 Å². The molecule has 0 heterocycles. The monoisotopic (exact) mass is 433 g/mol. The number of carboxylic acid groups (broad SMARTS) is 1. The molecule has 164 valence electrons. The molecule has 0 spiro atoms. The van der Waals surface area contributed by atoms with Gasteiger partial charge in [0.2, 0.25) is 0 Å². The number of halogens is 1. The Morgan fingerprint density at radius 1 is 1.00 bits per heavy atom. The lowest BCUT2D eigenvalue weighted by atomic mass is 9.98. The Morgan fingerprint density at radius 3 is 2.22 bits per heavy atom. The van der Waals surface area contributed by atoms with Gasteiger partial charge in [-0.15, -0.1) is 0 Å². The van der Waals surface area contributed by atoms with E-state index in [0.29, 0.717) is 12.0 Å². The fraction of sp³-hybridized carbons (Fsp3) is 0.231. The molecule has 4 rings (SSSR count). The van der Waals surface area contributed by atoms with Crippen LogP contribution in [0.25, 0.3) is 11.1 Å². The lowest BCUT2D eigenvalue weighted by molar-refractivity contribution is -0.142. The molecule has 1 aliphatic rings. The van der Waals surface area contributed by atoms with Gasteiger partial charge in [-0.1, -0.05) is 60.7 Å². The van der Waals surface area contributed by atoms with Crippen molar-refractivity contribution in [1.82, 2.24) is 4.90 Å². The number of carboxylic acids is 1. The van der Waals surface area contributed by atoms with Crippen molar-refractivity contribution in [3.05, 3.63) is 95.3 Å². The maximum absolute atomic E-state index is 13.4. The minimum atomic E-state index is -1.13. The van der Waals surface area contributed by atoms with Crippen molar-refractivity contribution in [2.75, 3.05) is 13.7 Å². The van der Waals surface area contributed by atoms with Gasteiger partial charge in [0.1, 0.15) is 18.5 Å². The zero-order chi connectivity index (χ0) is 22.7. The van der Waals surface area contributed by atoms with E-state index in [4.69, 9.17) is 4.74 Å². The van der Waals surface area contributed by atoms with Gasteiger partial charge in [-0.3, -0.25) is 4.90 Å². The summed E-state index contributed by atoms with van der Waals surface area (Å²) in [6.07, 6.45) is -0.214. The standard InChI is InChI=1S/C26H24FNO4/c1-28(24(25(29)30)14-13-17-7-6-8-18(27)15-17)26(31)32-16-23-21-11-4-2-9-19(21)20-10-3-5-12-22(20)23/h2-12,15,23-24H,13-14,16H2,1H3,(H,29,30). The van der Waals surface area contributed by atoms with Crippen LogP contribution in [0.4, 0.5) is 9.18 Å². The molecule has 0 radical (unpaired) electrons. The normalized spacial score (nSPS) is 13.2. The first kappa shape index (κ1) is 21.6. The minimum absolute atomic E-state index is 0.102. The van der Waals surface area contributed by atoms with Crippen LogP contribution in [0, 0.1) is 5.82 Å². The molecule has 1 unspecified atom stereocenters. The van der Waals surface area contributed by atoms with E-state index in [-0.39, 0.29) is 24.8 Å². The summed E-state index contributed by atoms with van der Waals surface area (Å²) in [5, 5.41) is 9.64. The van der Waals surface area contributed by atoms with Gasteiger partial charge in [-0.05, 0) is 52.8 Å². The Labute approximate surface area is 186 Å². The molecule has 5 nitrogen and oxygen atoms in total. The highest BCUT2D eigenvalue weighted by Crippen LogP contribution is 2.44. The zero-order valence-electron chi connectivity index (χ0n) is 17.7. The van der Waals surface area contributed by atoms with Crippen LogP contribution in [-0.2, 0) is 16.0 Å². The highest BCUT2D eigenvalue weighted by atomic mass is 19.1. The molecule has 0 aliphatic heterocycles. The Bertz CT molecular complexity index is 1100. The largest absolute Gasteiger partial charge is 0.480 e. The maximum atomic E-state index is 13.4. The fourth-order valence-corrected chi connectivity index (χ4v) is 4.30. The highest BCUT2D eigenvalue weighted by molar-refractivity contribution is 5.81. The van der Waals surface area contributed by atoms with E-state index >= 15 is 0 Å². The van der Waals surface area contributed by atoms with E-state index in [1.54, 1.807) is 12.1 Å². The molecule has 0 saturated heterocycles. The minimum Gasteiger partial charge on any atom is -0.480 e. The summed E-state index contributed by atoms with van der Waals surface area (Å²) >= 11 is 0. The van der Waals surface area contributed by atoms with Gasteiger partial charge in [0.05, 0.1) is 0 Å². The average molecular weight is 433 g/mol. The first-order valence-electron chi connectivity index (χ1n) is 10.5. The predicted molar refractivity (Wildman–Crippen MR) is 119 cm³/mol. The number of amides is 1. The first-order chi connectivity index (χ1) is 15.5. The fourth-order valence-electron chi connectivity index (χ4n) is 4.30. The molecule has 32 heavy (non-hydrogen) atoms. The third-order valence-corrected chi connectivity index (χ3v) is 5.97. The number of carbonyl (C=O) groups excluding carboxylic acids is 1. The van der Waals surface area contributed by atoms with Crippen LogP contribution in [0.3, 0.4) is 0 Å². The molecular formula is C26H24FNO4. The summed E-state index contributed by atoms with van der Waals surface area (Å²) in [7, 11) is 1.42. The van der Waals surface area contributed by atoms with Gasteiger partial charge in [0, 0.05) is 13.0 Å². The van der Waals surface area contributed by atoms with Gasteiger partial charge < -0.3 is 9.84 Å². The van der Waals surface area contributed by atoms with E-state index in [1.165, 1.54) is 19.2 Å². The second kappa shape index (κ2) is 9.22. The van der Waals surface area contributed by atoms with Crippen molar-refractivity contribution in [2.45, 2.75) is 24.8 Å². The predicted octanol–water partition coefficient (Wildman–Crippen LogP) is 5.09. The Balaban J connectivity index is 1.43. The van der Waals surface area contributed by atoms with Crippen LogP contribution < -0.4 is 0 Å². The van der Waals surface area contributed by atoms with Crippen LogP contribution in [0.15, 0.2) is 72.8 Å². The van der Waals surface area contributed by atoms with Crippen molar-refractivity contribution in [3.63, 3.8) is 0 Å². The Kier molecular flexibility index (Phi) is 6.21. The van der Waals surface area contributed by atoms with Gasteiger partial charge in [0.25, 0.3) is 0 Å². The molecule has 0 bridgehead atoms. The third-order valence-electron chi connectivity index (χ3n) is 5.97. The van der Waals surface area contributed by atoms with Crippen molar-refractivity contribution in [2.24, 2.45) is 0 Å². The molecule has 1 atom stereocenters. The molecule has 1 N–H and O–H groups in total. The average Bonchev–Trinajstić information content (AvgIpc) is 3.11. The Hall–Kier alpha value is -3.67. The SMILES string of the molecule is CN(C(=O)OCC1c2ccccc2-c2ccccc21)C(CCc1cccc(F)c1)C(=O)O. The molecule has 0 fully saturated rings. The van der Waals surface area contributed by atoms with Crippen molar-refractivity contribution >= 4 is 12.1 Å². The number of hydrogen-bond acceptors (Lipinski definition) is 3. The number of nitrogens with zero attached hydrogens (tertiary/aromatic N) is 1. The molecular weight excluding hydrogens is 409 g/mol. The van der Waals surface area contributed by atoms with Crippen LogP contribution >= 0.6 is 0 Å². The number of aliphatic carboxylic acids is 1. The lowest BCUT2D eigenvalue weighted by Crippen LogP contribution is -2.43. The second-order valence-electron chi connectivity index (χ2n) is 7.94. The molecule has 3 aromatic rings. The van der Waals surface area contributed by atoms with Crippen LogP contribution in [0.1, 0.15) is 29.0 Å². The van der Waals surface area contributed by atoms with E-state index < -0.39 is 18.1 Å². The first-order valence-corrected chi connectivity index (χ1v) is 10.5. The van der Waals surface area contributed by atoms with Crippen LogP contribution in [-0.4, -0.2) is 41.8 Å². The van der Waals surface area contributed by atoms with Gasteiger partial charge in [-0.25, -0.2) is 14.0 Å². The van der Waals surface area contributed by atoms with Crippen molar-refractivity contribution in [1.29, 1.82) is 0 Å². The summed E-state index contributed by atoms with van der Waals surface area (Å²) in [6.45, 7) is 0.118. The number of ether oxygens (including phenoxy) is 1. The number of benzene rings is 3. The summed E-state index contributed by atoms with van der Waals surface area (Å²) < 4.78 is 19.0. The van der Waals surface area contributed by atoms with E-state index in [9.17, 15) is 19.1 Å². The van der Waals surface area contributed by atoms with Crippen molar-refractivity contribution in [3.8, 4) is 11.1 Å². The molecule has 1 amide bonds. The molecule has 0 saturated carbocycles. The molecule has 6 heteroatoms. The quantitative estimate of drug-likeness (QED) is 0.564. The second-order valence-corrected chi connectivity index (χ2v) is 7.94. The molecule has 0 aromatic heterocycles. The van der Waals surface area contributed by atoms with Gasteiger partial charge in [0.15, 0.2) is 0 Å². The zero-order valence-corrected chi connectivity index (χ0v) is 17.7. The lowest BCUT2D eigenvalue weighted by Gasteiger charge is -2.25. The third kappa shape index (κ3) is 4.35. The van der Waals surface area contributed by atoms with E-state index in [0.717, 1.165) is 27.2 Å². The van der Waals surface area contributed by atoms with E-state index in [2.05, 4.69) is 12.1 Å². The number of likely N-dealkylation sites (N-methyl/N-ethyl adjacent to an activating group) is 1. The number of hydrogen-bond donors (Lipinski definition) is 1. The number of fused-ring (bicyclic) bond motifs is 3. The van der Waals surface area contributed by atoms with E-state index in [1.807, 2.05) is 36.4 Å².